The van der Waals surface area contributed by atoms with Gasteiger partial charge in [-0.05, 0) is 86.0 Å². The number of para-hydroxylation sites is 1. The van der Waals surface area contributed by atoms with Crippen molar-refractivity contribution in [2.24, 2.45) is 11.8 Å². The minimum Gasteiger partial charge on any atom is -0.469 e. The van der Waals surface area contributed by atoms with E-state index in [4.69, 9.17) is 9.47 Å². The highest BCUT2D eigenvalue weighted by Crippen LogP contribution is 2.28. The van der Waals surface area contributed by atoms with E-state index < -0.39 is 65.8 Å². The van der Waals surface area contributed by atoms with Crippen LogP contribution in [0.15, 0.2) is 28.9 Å². The smallest absolute Gasteiger partial charge is 0.329 e. The summed E-state index contributed by atoms with van der Waals surface area (Å²) in [5.74, 6) is -4.12. The molecule has 1 aliphatic heterocycles. The number of aromatic amines is 1. The van der Waals surface area contributed by atoms with E-state index in [-0.39, 0.29) is 36.6 Å². The second kappa shape index (κ2) is 18.5. The average molecular weight is 778 g/mol. The van der Waals surface area contributed by atoms with Crippen LogP contribution in [0.2, 0.25) is 0 Å². The average Bonchev–Trinajstić information content (AvgIpc) is 3.69. The molecule has 5 atom stereocenters. The van der Waals surface area contributed by atoms with E-state index in [2.05, 4.69) is 47.5 Å². The zero-order valence-electron chi connectivity index (χ0n) is 30.7. The first kappa shape index (κ1) is 41.4. The second-order valence-corrected chi connectivity index (χ2v) is 15.5. The van der Waals surface area contributed by atoms with Crippen molar-refractivity contribution in [1.82, 2.24) is 31.6 Å². The number of benzene rings is 1. The van der Waals surface area contributed by atoms with Crippen LogP contribution in [0.4, 0.5) is 0 Å². The van der Waals surface area contributed by atoms with E-state index in [0.29, 0.717) is 16.6 Å². The number of fused-ring (bicyclic) bond motifs is 1. The van der Waals surface area contributed by atoms with Gasteiger partial charge in [0.25, 0.3) is 0 Å². The number of amides is 4. The van der Waals surface area contributed by atoms with Gasteiger partial charge in [0, 0.05) is 17.3 Å². The first-order valence-electron chi connectivity index (χ1n) is 17.4. The highest BCUT2D eigenvalue weighted by molar-refractivity contribution is 9.10. The van der Waals surface area contributed by atoms with Gasteiger partial charge in [-0.1, -0.05) is 45.9 Å². The van der Waals surface area contributed by atoms with Crippen molar-refractivity contribution in [2.75, 3.05) is 13.7 Å². The Hall–Kier alpha value is -3.98. The zero-order chi connectivity index (χ0) is 38.0. The molecule has 0 saturated carbocycles. The van der Waals surface area contributed by atoms with E-state index in [1.54, 1.807) is 34.6 Å². The summed E-state index contributed by atoms with van der Waals surface area (Å²) in [6, 6.07) is 2.39. The number of ether oxygens (including phenoxy) is 2. The molecule has 51 heavy (non-hydrogen) atoms. The quantitative estimate of drug-likeness (QED) is 0.139. The fraction of sp³-hybridized carbons (Fsp3) is 0.611. The van der Waals surface area contributed by atoms with Crippen LogP contribution in [0.3, 0.4) is 0 Å². The van der Waals surface area contributed by atoms with Gasteiger partial charge in [-0.3, -0.25) is 24.0 Å². The number of aromatic nitrogens is 1. The fourth-order valence-electron chi connectivity index (χ4n) is 5.80. The Morgan fingerprint density at radius 1 is 0.902 bits per heavy atom. The number of carbonyl (C=O) groups excluding carboxylic acids is 6. The molecule has 1 saturated heterocycles. The number of hydrogen-bond acceptors (Lipinski definition) is 9. The molecule has 1 aliphatic rings. The maximum atomic E-state index is 14.1. The summed E-state index contributed by atoms with van der Waals surface area (Å²) in [4.78, 5) is 83.3. The molecule has 2 heterocycles. The molecule has 14 nitrogen and oxygen atoms in total. The summed E-state index contributed by atoms with van der Waals surface area (Å²) >= 11 is 3.54. The Balaban J connectivity index is 1.93. The largest absolute Gasteiger partial charge is 0.469 e. The lowest BCUT2D eigenvalue weighted by atomic mass is 9.98. The molecule has 6 N–H and O–H groups in total. The molecule has 1 aromatic carbocycles. The normalized spacial score (nSPS) is 17.0. The first-order chi connectivity index (χ1) is 23.9. The molecule has 0 unspecified atom stereocenters. The van der Waals surface area contributed by atoms with Crippen LogP contribution < -0.4 is 26.6 Å². The summed E-state index contributed by atoms with van der Waals surface area (Å²) < 4.78 is 10.8. The van der Waals surface area contributed by atoms with Crippen molar-refractivity contribution in [3.8, 4) is 0 Å². The van der Waals surface area contributed by atoms with Crippen LogP contribution in [-0.2, 0) is 44.7 Å². The number of carbonyl (C=O) groups is 6. The Kier molecular flexibility index (Phi) is 15.0. The number of H-pyrrole nitrogens is 1. The lowest BCUT2D eigenvalue weighted by Crippen LogP contribution is -2.60. The molecule has 0 radical (unpaired) electrons. The van der Waals surface area contributed by atoms with Crippen LogP contribution in [0, 0.1) is 11.8 Å². The molecule has 0 bridgehead atoms. The lowest BCUT2D eigenvalue weighted by molar-refractivity contribution is -0.161. The molecule has 15 heteroatoms. The fourth-order valence-corrected chi connectivity index (χ4v) is 6.39. The third kappa shape index (κ3) is 12.3. The van der Waals surface area contributed by atoms with E-state index in [1.807, 2.05) is 38.1 Å². The van der Waals surface area contributed by atoms with Crippen LogP contribution in [0.25, 0.3) is 10.9 Å². The Morgan fingerprint density at radius 3 is 2.12 bits per heavy atom. The third-order valence-corrected chi connectivity index (χ3v) is 9.05. The van der Waals surface area contributed by atoms with Crippen LogP contribution >= 0.6 is 15.9 Å². The molecular formula is C36H53BrN6O8. The van der Waals surface area contributed by atoms with Crippen molar-refractivity contribution in [2.45, 2.75) is 116 Å². The van der Waals surface area contributed by atoms with E-state index in [1.165, 1.54) is 0 Å². The van der Waals surface area contributed by atoms with Gasteiger partial charge < -0.3 is 41.0 Å². The maximum Gasteiger partial charge on any atom is 0.329 e. The molecule has 0 aliphatic carbocycles. The van der Waals surface area contributed by atoms with E-state index >= 15 is 0 Å². The van der Waals surface area contributed by atoms with E-state index in [0.717, 1.165) is 31.0 Å². The van der Waals surface area contributed by atoms with Gasteiger partial charge in [-0.25, -0.2) is 4.79 Å². The monoisotopic (exact) mass is 776 g/mol. The van der Waals surface area contributed by atoms with Gasteiger partial charge in [0.15, 0.2) is 0 Å². The van der Waals surface area contributed by atoms with Crippen LogP contribution in [0.1, 0.15) is 79.7 Å². The van der Waals surface area contributed by atoms with Crippen LogP contribution in [-0.4, -0.2) is 90.0 Å². The Morgan fingerprint density at radius 2 is 1.53 bits per heavy atom. The van der Waals surface area contributed by atoms with Gasteiger partial charge in [-0.15, -0.1) is 0 Å². The Labute approximate surface area is 307 Å². The highest BCUT2D eigenvalue weighted by atomic mass is 79.9. The number of nitrogens with one attached hydrogen (secondary N) is 6. The highest BCUT2D eigenvalue weighted by Gasteiger charge is 2.36. The molecule has 3 rings (SSSR count). The topological polar surface area (TPSA) is 197 Å². The standard InChI is InChI=1S/C36H53BrN6O8/c1-19(2)16-25(41-34(48)29(20(3)4)43-31(45)24-14-11-15-38-24)32(46)40-26(17-22-21-12-9-10-13-23(21)39-30(22)37)33(47)42-27(18-28(44)50-8)35(49)51-36(5,6)7/h9-10,12-13,19-20,24-27,29,38-39H,11,14-18H2,1-8H3,(H,40,46)(H,41,48)(H,42,47)(H,43,45)/t24-,25-,26+,27+,29+/m0/s1. The predicted molar refractivity (Wildman–Crippen MR) is 195 cm³/mol. The summed E-state index contributed by atoms with van der Waals surface area (Å²) in [5.41, 5.74) is 0.559. The number of halogens is 1. The first-order valence-corrected chi connectivity index (χ1v) is 18.2. The number of rotatable bonds is 16. The molecule has 4 amide bonds. The Bertz CT molecular complexity index is 1560. The molecule has 282 valence electrons. The molecular weight excluding hydrogens is 724 g/mol. The summed E-state index contributed by atoms with van der Waals surface area (Å²) in [5, 5.41) is 15.0. The summed E-state index contributed by atoms with van der Waals surface area (Å²) in [6.45, 7) is 13.1. The van der Waals surface area contributed by atoms with Gasteiger partial charge in [0.1, 0.15) is 29.8 Å². The van der Waals surface area contributed by atoms with Crippen LogP contribution in [0.5, 0.6) is 0 Å². The summed E-state index contributed by atoms with van der Waals surface area (Å²) in [6.07, 6.45) is 1.23. The van der Waals surface area contributed by atoms with Gasteiger partial charge in [-0.2, -0.15) is 0 Å². The number of methoxy groups -OCH3 is 1. The van der Waals surface area contributed by atoms with E-state index in [9.17, 15) is 28.8 Å². The molecule has 2 aromatic rings. The molecule has 1 aromatic heterocycles. The molecule has 1 fully saturated rings. The third-order valence-electron chi connectivity index (χ3n) is 8.37. The van der Waals surface area contributed by atoms with Crippen molar-refractivity contribution in [3.63, 3.8) is 0 Å². The van der Waals surface area contributed by atoms with Crippen molar-refractivity contribution in [1.29, 1.82) is 0 Å². The predicted octanol–water partition coefficient (Wildman–Crippen LogP) is 2.77. The minimum atomic E-state index is -1.41. The van der Waals surface area contributed by atoms with Gasteiger partial charge in [0.05, 0.1) is 24.2 Å². The maximum absolute atomic E-state index is 14.1. The number of hydrogen-bond donors (Lipinski definition) is 6. The number of esters is 2. The molecule has 0 spiro atoms. The SMILES string of the molecule is COC(=O)C[C@@H](NC(=O)[C@@H](Cc1c(Br)[nH]c2ccccc12)NC(=O)[C@H](CC(C)C)NC(=O)[C@H](NC(=O)[C@@H]1CCCN1)C(C)C)C(=O)OC(C)(C)C. The summed E-state index contributed by atoms with van der Waals surface area (Å²) in [7, 11) is 1.16. The van der Waals surface area contributed by atoms with Gasteiger partial charge in [0.2, 0.25) is 23.6 Å². The zero-order valence-corrected chi connectivity index (χ0v) is 32.3. The second-order valence-electron chi connectivity index (χ2n) is 14.7. The van der Waals surface area contributed by atoms with Gasteiger partial charge >= 0.3 is 11.9 Å². The lowest BCUT2D eigenvalue weighted by Gasteiger charge is -2.29. The van der Waals surface area contributed by atoms with Crippen molar-refractivity contribution >= 4 is 62.4 Å². The minimum absolute atomic E-state index is 0.0250. The van der Waals surface area contributed by atoms with Crippen molar-refractivity contribution in [3.05, 3.63) is 34.4 Å². The van der Waals surface area contributed by atoms with Crippen molar-refractivity contribution < 1.29 is 38.2 Å².